The average Bonchev–Trinajstić information content (AvgIpc) is 2.53. The first kappa shape index (κ1) is 8.44. The molecule has 0 spiro atoms. The predicted molar refractivity (Wildman–Crippen MR) is 48.5 cm³/mol. The van der Waals surface area contributed by atoms with Crippen LogP contribution in [0, 0.1) is 0 Å². The Morgan fingerprint density at radius 2 is 2.08 bits per heavy atom. The Bertz CT molecular complexity index is 299. The van der Waals surface area contributed by atoms with Crippen molar-refractivity contribution >= 4 is 17.9 Å². The van der Waals surface area contributed by atoms with Crippen LogP contribution < -0.4 is 0 Å². The third-order valence-corrected chi connectivity index (χ3v) is 2.62. The molecule has 3 nitrogen and oxygen atoms in total. The Hall–Kier alpha value is -1.16. The van der Waals surface area contributed by atoms with Crippen molar-refractivity contribution in [3.05, 3.63) is 30.3 Å². The van der Waals surface area contributed by atoms with Crippen molar-refractivity contribution in [3.63, 3.8) is 0 Å². The Morgan fingerprint density at radius 1 is 1.31 bits per heavy atom. The van der Waals surface area contributed by atoms with E-state index < -0.39 is 6.16 Å². The van der Waals surface area contributed by atoms with Crippen LogP contribution in [0.15, 0.2) is 35.2 Å². The maximum absolute atomic E-state index is 10.6. The Labute approximate surface area is 80.0 Å². The summed E-state index contributed by atoms with van der Waals surface area (Å²) < 4.78 is 9.52. The summed E-state index contributed by atoms with van der Waals surface area (Å²) in [5.41, 5.74) is -0.199. The lowest BCUT2D eigenvalue weighted by Gasteiger charge is -2.04. The number of hydrogen-bond acceptors (Lipinski definition) is 4. The summed E-state index contributed by atoms with van der Waals surface area (Å²) in [6, 6.07) is 9.77. The molecule has 0 bridgehead atoms. The van der Waals surface area contributed by atoms with Gasteiger partial charge in [-0.05, 0) is 12.1 Å². The number of carbonyl (C=O) groups is 1. The molecule has 1 unspecified atom stereocenters. The molecule has 1 saturated heterocycles. The molecule has 1 fully saturated rings. The molecule has 0 aromatic heterocycles. The van der Waals surface area contributed by atoms with Crippen LogP contribution in [0.1, 0.15) is 0 Å². The zero-order valence-electron chi connectivity index (χ0n) is 6.80. The zero-order chi connectivity index (χ0) is 9.10. The number of rotatable bonds is 2. The largest absolute Gasteiger partial charge is 0.509 e. The maximum atomic E-state index is 10.6. The van der Waals surface area contributed by atoms with E-state index in [1.165, 1.54) is 11.8 Å². The molecule has 0 N–H and O–H groups in total. The molecule has 1 atom stereocenters. The monoisotopic (exact) mass is 196 g/mol. The summed E-state index contributed by atoms with van der Waals surface area (Å²) in [7, 11) is 0. The lowest BCUT2D eigenvalue weighted by Crippen LogP contribution is -2.03. The van der Waals surface area contributed by atoms with Gasteiger partial charge < -0.3 is 9.47 Å². The number of ether oxygens (including phenoxy) is 2. The molecule has 0 aliphatic carbocycles. The van der Waals surface area contributed by atoms with E-state index in [9.17, 15) is 4.79 Å². The zero-order valence-corrected chi connectivity index (χ0v) is 7.62. The summed E-state index contributed by atoms with van der Waals surface area (Å²) in [6.45, 7) is 0.332. The fourth-order valence-corrected chi connectivity index (χ4v) is 1.90. The minimum atomic E-state index is -0.576. The second-order valence-electron chi connectivity index (χ2n) is 2.54. The van der Waals surface area contributed by atoms with Gasteiger partial charge in [-0.25, -0.2) is 4.79 Å². The topological polar surface area (TPSA) is 35.5 Å². The maximum Gasteiger partial charge on any atom is 0.509 e. The van der Waals surface area contributed by atoms with E-state index in [1.54, 1.807) is 0 Å². The highest BCUT2D eigenvalue weighted by Gasteiger charge is 2.25. The van der Waals surface area contributed by atoms with Gasteiger partial charge in [0.1, 0.15) is 6.61 Å². The molecule has 0 radical (unpaired) electrons. The van der Waals surface area contributed by atoms with Crippen molar-refractivity contribution in [1.82, 2.24) is 0 Å². The van der Waals surface area contributed by atoms with Gasteiger partial charge in [0, 0.05) is 4.90 Å². The fraction of sp³-hybridized carbons (Fsp3) is 0.222. The molecule has 1 aliphatic rings. The predicted octanol–water partition coefficient (Wildman–Crippen LogP) is 2.27. The molecule has 4 heteroatoms. The normalized spacial score (nSPS) is 20.9. The summed E-state index contributed by atoms with van der Waals surface area (Å²) in [4.78, 5) is 11.7. The molecular weight excluding hydrogens is 188 g/mol. The lowest BCUT2D eigenvalue weighted by molar-refractivity contribution is 0.129. The number of thioether (sulfide) groups is 1. The number of hydrogen-bond donors (Lipinski definition) is 0. The summed E-state index contributed by atoms with van der Waals surface area (Å²) in [5, 5.41) is 0. The Morgan fingerprint density at radius 3 is 2.69 bits per heavy atom. The van der Waals surface area contributed by atoms with Gasteiger partial charge in [0.2, 0.25) is 0 Å². The highest BCUT2D eigenvalue weighted by Crippen LogP contribution is 2.27. The van der Waals surface area contributed by atoms with Crippen molar-refractivity contribution < 1.29 is 14.3 Å². The molecule has 0 saturated carbocycles. The molecular formula is C9H8O3S. The smallest absolute Gasteiger partial charge is 0.429 e. The van der Waals surface area contributed by atoms with E-state index in [4.69, 9.17) is 4.74 Å². The minimum Gasteiger partial charge on any atom is -0.429 e. The van der Waals surface area contributed by atoms with Crippen molar-refractivity contribution in [2.75, 3.05) is 6.61 Å². The average molecular weight is 196 g/mol. The van der Waals surface area contributed by atoms with E-state index in [0.29, 0.717) is 6.61 Å². The van der Waals surface area contributed by atoms with Crippen LogP contribution in [-0.2, 0) is 9.47 Å². The van der Waals surface area contributed by atoms with Crippen LogP contribution in [0.5, 0.6) is 0 Å². The molecule has 68 valence electrons. The van der Waals surface area contributed by atoms with Crippen LogP contribution in [0.25, 0.3) is 0 Å². The molecule has 1 heterocycles. The first-order chi connectivity index (χ1) is 6.34. The van der Waals surface area contributed by atoms with Crippen molar-refractivity contribution in [1.29, 1.82) is 0 Å². The highest BCUT2D eigenvalue weighted by atomic mass is 32.2. The quantitative estimate of drug-likeness (QED) is 0.680. The third-order valence-electron chi connectivity index (χ3n) is 1.58. The first-order valence-electron chi connectivity index (χ1n) is 3.90. The molecule has 2 rings (SSSR count). The lowest BCUT2D eigenvalue weighted by atomic mass is 10.4. The molecule has 1 aromatic rings. The van der Waals surface area contributed by atoms with Gasteiger partial charge in [0.05, 0.1) is 0 Å². The van der Waals surface area contributed by atoms with Crippen molar-refractivity contribution in [2.24, 2.45) is 0 Å². The van der Waals surface area contributed by atoms with Gasteiger partial charge in [-0.15, -0.1) is 0 Å². The van der Waals surface area contributed by atoms with E-state index in [2.05, 4.69) is 4.74 Å². The number of carbonyl (C=O) groups excluding carboxylic acids is 1. The van der Waals surface area contributed by atoms with Crippen LogP contribution in [0.4, 0.5) is 4.79 Å². The molecule has 1 aliphatic heterocycles. The van der Waals surface area contributed by atoms with E-state index in [-0.39, 0.29) is 5.44 Å². The summed E-state index contributed by atoms with van der Waals surface area (Å²) in [6.07, 6.45) is -0.576. The standard InChI is InChI=1S/C9H8O3S/c10-9-11-6-8(12-9)13-7-4-2-1-3-5-7/h1-5,8H,6H2. The molecule has 13 heavy (non-hydrogen) atoms. The SMILES string of the molecule is O=C1OCC(Sc2ccccc2)O1. The Kier molecular flexibility index (Phi) is 2.40. The van der Waals surface area contributed by atoms with Crippen LogP contribution in [0.3, 0.4) is 0 Å². The van der Waals surface area contributed by atoms with Gasteiger partial charge in [0.15, 0.2) is 5.44 Å². The molecule has 0 amide bonds. The van der Waals surface area contributed by atoms with E-state index in [1.807, 2.05) is 30.3 Å². The number of cyclic esters (lactones) is 2. The first-order valence-corrected chi connectivity index (χ1v) is 4.78. The van der Waals surface area contributed by atoms with Gasteiger partial charge in [-0.1, -0.05) is 30.0 Å². The van der Waals surface area contributed by atoms with Crippen molar-refractivity contribution in [3.8, 4) is 0 Å². The minimum absolute atomic E-state index is 0.199. The fourth-order valence-electron chi connectivity index (χ4n) is 1.02. The van der Waals surface area contributed by atoms with Crippen LogP contribution >= 0.6 is 11.8 Å². The summed E-state index contributed by atoms with van der Waals surface area (Å²) in [5.74, 6) is 0. The molecule has 1 aromatic carbocycles. The van der Waals surface area contributed by atoms with Gasteiger partial charge in [-0.2, -0.15) is 0 Å². The second kappa shape index (κ2) is 3.70. The van der Waals surface area contributed by atoms with Gasteiger partial charge >= 0.3 is 6.16 Å². The summed E-state index contributed by atoms with van der Waals surface area (Å²) >= 11 is 1.49. The van der Waals surface area contributed by atoms with Gasteiger partial charge in [-0.3, -0.25) is 0 Å². The van der Waals surface area contributed by atoms with E-state index >= 15 is 0 Å². The Balaban J connectivity index is 1.96. The van der Waals surface area contributed by atoms with Crippen LogP contribution in [0.2, 0.25) is 0 Å². The van der Waals surface area contributed by atoms with Crippen LogP contribution in [-0.4, -0.2) is 18.2 Å². The van der Waals surface area contributed by atoms with Gasteiger partial charge in [0.25, 0.3) is 0 Å². The third kappa shape index (κ3) is 2.15. The number of benzene rings is 1. The second-order valence-corrected chi connectivity index (χ2v) is 3.77. The van der Waals surface area contributed by atoms with E-state index in [0.717, 1.165) is 4.90 Å². The van der Waals surface area contributed by atoms with Crippen molar-refractivity contribution in [2.45, 2.75) is 10.3 Å². The highest BCUT2D eigenvalue weighted by molar-refractivity contribution is 7.99.